The predicted molar refractivity (Wildman–Crippen MR) is 206 cm³/mol. The maximum atomic E-state index is 6.31. The normalized spacial score (nSPS) is 13.3. The fourth-order valence-electron chi connectivity index (χ4n) is 8.22. The summed E-state index contributed by atoms with van der Waals surface area (Å²) >= 11 is 0. The van der Waals surface area contributed by atoms with Crippen molar-refractivity contribution < 1.29 is 4.42 Å². The average molecular weight is 628 g/mol. The number of para-hydroxylation sites is 1. The molecule has 1 aromatic heterocycles. The van der Waals surface area contributed by atoms with Gasteiger partial charge in [0, 0.05) is 38.5 Å². The summed E-state index contributed by atoms with van der Waals surface area (Å²) in [6.07, 6.45) is 0. The highest BCUT2D eigenvalue weighted by Gasteiger charge is 2.39. The Balaban J connectivity index is 1.33. The first-order chi connectivity index (χ1) is 24.1. The topological polar surface area (TPSA) is 16.4 Å². The molecule has 0 unspecified atom stereocenters. The SMILES string of the molecule is CC1(C)c2ccccc2-c2c1cc1c(ccc3ccccc31)c2N(c1ccc(-c2ccccc2)cc1)c1ccc2oc3ccccc3c2c1. The van der Waals surface area contributed by atoms with Crippen molar-refractivity contribution in [3.8, 4) is 22.3 Å². The second-order valence-corrected chi connectivity index (χ2v) is 13.7. The zero-order chi connectivity index (χ0) is 32.7. The van der Waals surface area contributed by atoms with Gasteiger partial charge in [0.05, 0.1) is 5.69 Å². The van der Waals surface area contributed by atoms with E-state index in [1.165, 1.54) is 60.6 Å². The number of benzene rings is 8. The van der Waals surface area contributed by atoms with Gasteiger partial charge in [-0.05, 0) is 86.4 Å². The van der Waals surface area contributed by atoms with Crippen LogP contribution in [0.5, 0.6) is 0 Å². The molecule has 0 bridgehead atoms. The van der Waals surface area contributed by atoms with Crippen LogP contribution in [-0.2, 0) is 5.41 Å². The van der Waals surface area contributed by atoms with Gasteiger partial charge in [-0.2, -0.15) is 0 Å². The zero-order valence-electron chi connectivity index (χ0n) is 27.4. The van der Waals surface area contributed by atoms with Gasteiger partial charge in [0.25, 0.3) is 0 Å². The van der Waals surface area contributed by atoms with Gasteiger partial charge in [-0.15, -0.1) is 0 Å². The van der Waals surface area contributed by atoms with E-state index in [0.29, 0.717) is 0 Å². The molecule has 10 rings (SSSR count). The quantitative estimate of drug-likeness (QED) is 0.181. The van der Waals surface area contributed by atoms with Crippen LogP contribution in [0.2, 0.25) is 0 Å². The number of rotatable bonds is 4. The highest BCUT2D eigenvalue weighted by Crippen LogP contribution is 2.57. The van der Waals surface area contributed by atoms with Gasteiger partial charge in [-0.1, -0.05) is 135 Å². The third-order valence-electron chi connectivity index (χ3n) is 10.6. The molecule has 49 heavy (non-hydrogen) atoms. The minimum absolute atomic E-state index is 0.167. The first-order valence-corrected chi connectivity index (χ1v) is 17.0. The van der Waals surface area contributed by atoms with E-state index in [1.807, 2.05) is 6.07 Å². The Hall–Kier alpha value is -6.12. The number of fused-ring (bicyclic) bond motifs is 9. The third kappa shape index (κ3) is 4.14. The van der Waals surface area contributed by atoms with E-state index in [2.05, 4.69) is 176 Å². The highest BCUT2D eigenvalue weighted by molar-refractivity contribution is 6.18. The van der Waals surface area contributed by atoms with Crippen LogP contribution < -0.4 is 4.90 Å². The summed E-state index contributed by atoms with van der Waals surface area (Å²) in [4.78, 5) is 2.49. The van der Waals surface area contributed by atoms with E-state index >= 15 is 0 Å². The van der Waals surface area contributed by atoms with Crippen LogP contribution in [0.15, 0.2) is 168 Å². The summed E-state index contributed by atoms with van der Waals surface area (Å²) in [7, 11) is 0. The van der Waals surface area contributed by atoms with Crippen LogP contribution in [0.25, 0.3) is 65.7 Å². The van der Waals surface area contributed by atoms with E-state index in [0.717, 1.165) is 33.3 Å². The van der Waals surface area contributed by atoms with Crippen LogP contribution in [0.1, 0.15) is 25.0 Å². The fourth-order valence-corrected chi connectivity index (χ4v) is 8.22. The Morgan fingerprint density at radius 1 is 0.449 bits per heavy atom. The molecule has 1 aliphatic rings. The minimum atomic E-state index is -0.167. The van der Waals surface area contributed by atoms with Crippen LogP contribution in [0.4, 0.5) is 17.1 Å². The van der Waals surface area contributed by atoms with Crippen molar-refractivity contribution in [2.24, 2.45) is 0 Å². The largest absolute Gasteiger partial charge is 0.456 e. The lowest BCUT2D eigenvalue weighted by atomic mass is 9.81. The number of hydrogen-bond acceptors (Lipinski definition) is 2. The van der Waals surface area contributed by atoms with E-state index < -0.39 is 0 Å². The molecule has 0 atom stereocenters. The number of anilines is 3. The van der Waals surface area contributed by atoms with E-state index in [9.17, 15) is 0 Å². The maximum Gasteiger partial charge on any atom is 0.135 e. The Morgan fingerprint density at radius 3 is 1.98 bits per heavy atom. The first kappa shape index (κ1) is 27.9. The van der Waals surface area contributed by atoms with Crippen LogP contribution in [0.3, 0.4) is 0 Å². The average Bonchev–Trinajstić information content (AvgIpc) is 3.63. The predicted octanol–water partition coefficient (Wildman–Crippen LogP) is 13.3. The number of furan rings is 1. The van der Waals surface area contributed by atoms with E-state index in [1.54, 1.807) is 0 Å². The van der Waals surface area contributed by atoms with Crippen LogP contribution in [0, 0.1) is 0 Å². The zero-order valence-corrected chi connectivity index (χ0v) is 27.4. The summed E-state index contributed by atoms with van der Waals surface area (Å²) in [6, 6.07) is 59.5. The van der Waals surface area contributed by atoms with Crippen molar-refractivity contribution >= 4 is 60.5 Å². The number of hydrogen-bond donors (Lipinski definition) is 0. The Bertz CT molecular complexity index is 2730. The summed E-state index contributed by atoms with van der Waals surface area (Å²) in [6.45, 7) is 4.75. The molecule has 0 saturated carbocycles. The lowest BCUT2D eigenvalue weighted by Gasteiger charge is -2.31. The molecule has 8 aromatic carbocycles. The molecular weight excluding hydrogens is 595 g/mol. The van der Waals surface area contributed by atoms with Gasteiger partial charge in [0.15, 0.2) is 0 Å². The molecule has 2 heteroatoms. The van der Waals surface area contributed by atoms with Crippen molar-refractivity contribution in [2.45, 2.75) is 19.3 Å². The van der Waals surface area contributed by atoms with Crippen LogP contribution in [-0.4, -0.2) is 0 Å². The van der Waals surface area contributed by atoms with E-state index in [4.69, 9.17) is 4.42 Å². The van der Waals surface area contributed by atoms with Gasteiger partial charge in [0.1, 0.15) is 11.2 Å². The molecule has 2 nitrogen and oxygen atoms in total. The van der Waals surface area contributed by atoms with Crippen molar-refractivity contribution in [3.05, 3.63) is 175 Å². The van der Waals surface area contributed by atoms with Gasteiger partial charge in [-0.25, -0.2) is 0 Å². The second kappa shape index (κ2) is 10.4. The van der Waals surface area contributed by atoms with Gasteiger partial charge in [-0.3, -0.25) is 0 Å². The molecule has 0 amide bonds. The molecule has 1 heterocycles. The van der Waals surface area contributed by atoms with Gasteiger partial charge in [0.2, 0.25) is 0 Å². The van der Waals surface area contributed by atoms with Crippen molar-refractivity contribution in [2.75, 3.05) is 4.90 Å². The molecular formula is C47H33NO. The first-order valence-electron chi connectivity index (χ1n) is 17.0. The highest BCUT2D eigenvalue weighted by atomic mass is 16.3. The molecule has 9 aromatic rings. The maximum absolute atomic E-state index is 6.31. The summed E-state index contributed by atoms with van der Waals surface area (Å²) in [5.41, 5.74) is 12.8. The van der Waals surface area contributed by atoms with Gasteiger partial charge < -0.3 is 9.32 Å². The van der Waals surface area contributed by atoms with Gasteiger partial charge >= 0.3 is 0 Å². The van der Waals surface area contributed by atoms with Crippen molar-refractivity contribution in [1.29, 1.82) is 0 Å². The van der Waals surface area contributed by atoms with Crippen LogP contribution >= 0.6 is 0 Å². The summed E-state index contributed by atoms with van der Waals surface area (Å²) in [5, 5.41) is 7.26. The summed E-state index contributed by atoms with van der Waals surface area (Å²) in [5.74, 6) is 0. The lowest BCUT2D eigenvalue weighted by molar-refractivity contribution is 0.661. The molecule has 0 fully saturated rings. The smallest absolute Gasteiger partial charge is 0.135 e. The fraction of sp³-hybridized carbons (Fsp3) is 0.0638. The summed E-state index contributed by atoms with van der Waals surface area (Å²) < 4.78 is 6.31. The Morgan fingerprint density at radius 2 is 1.12 bits per heavy atom. The molecule has 232 valence electrons. The molecule has 1 aliphatic carbocycles. The third-order valence-corrected chi connectivity index (χ3v) is 10.6. The van der Waals surface area contributed by atoms with E-state index in [-0.39, 0.29) is 5.41 Å². The van der Waals surface area contributed by atoms with Crippen molar-refractivity contribution in [1.82, 2.24) is 0 Å². The Kier molecular flexibility index (Phi) is 5.95. The number of nitrogens with zero attached hydrogens (tertiary/aromatic N) is 1. The standard InChI is InChI=1S/C47H33NO/c1-47(2)41-18-10-8-17-38(41)45-42(47)29-39-35-15-7-6-14-32(35)22-26-37(39)46(45)48(33-23-20-31(21-24-33)30-12-4-3-5-13-30)34-25-27-44-40(28-34)36-16-9-11-19-43(36)49-44/h3-29H,1-2H3. The molecule has 0 saturated heterocycles. The van der Waals surface area contributed by atoms with Crippen molar-refractivity contribution in [3.63, 3.8) is 0 Å². The lowest BCUT2D eigenvalue weighted by Crippen LogP contribution is -2.16. The monoisotopic (exact) mass is 627 g/mol. The second-order valence-electron chi connectivity index (χ2n) is 13.7. The Labute approximate surface area is 285 Å². The molecule has 0 spiro atoms. The minimum Gasteiger partial charge on any atom is -0.456 e. The molecule has 0 N–H and O–H groups in total. The molecule has 0 radical (unpaired) electrons. The molecule has 0 aliphatic heterocycles.